The van der Waals surface area contributed by atoms with Crippen LogP contribution in [0, 0.1) is 17.8 Å². The second-order valence-corrected chi connectivity index (χ2v) is 5.81. The minimum atomic E-state index is -0.656. The Balaban J connectivity index is 0. The van der Waals surface area contributed by atoms with E-state index in [4.69, 9.17) is 9.84 Å². The van der Waals surface area contributed by atoms with Gasteiger partial charge in [-0.15, -0.1) is 0 Å². The molecule has 0 aliphatic carbocycles. The lowest BCUT2D eigenvalue weighted by molar-refractivity contribution is -0.144. The minimum absolute atomic E-state index is 0.0730. The molecule has 0 radical (unpaired) electrons. The summed E-state index contributed by atoms with van der Waals surface area (Å²) in [7, 11) is 0. The number of hydrogen-bond acceptors (Lipinski definition) is 3. The second-order valence-electron chi connectivity index (χ2n) is 5.81. The molecule has 0 spiro atoms. The fourth-order valence-electron chi connectivity index (χ4n) is 1.65. The molecule has 4 heteroatoms. The predicted octanol–water partition coefficient (Wildman–Crippen LogP) is 4.13. The van der Waals surface area contributed by atoms with Crippen molar-refractivity contribution in [1.82, 2.24) is 0 Å². The summed E-state index contributed by atoms with van der Waals surface area (Å²) >= 11 is 0. The van der Waals surface area contributed by atoms with Gasteiger partial charge in [-0.25, -0.2) is 0 Å². The van der Waals surface area contributed by atoms with Crippen molar-refractivity contribution < 1.29 is 19.4 Å². The van der Waals surface area contributed by atoms with Gasteiger partial charge in [0, 0.05) is 6.42 Å². The molecule has 0 fully saturated rings. The fraction of sp³-hybridized carbons (Fsp3) is 0.875. The standard InChI is InChI=1S/2C8H16O2/c1-4-10-8(9)6-5-7(2)3;1-4-7(8(9)10)5-6(2)3/h7H,4-6H2,1-3H3;6-7H,4-5H2,1-3H3,(H,9,10). The van der Waals surface area contributed by atoms with Crippen LogP contribution in [-0.2, 0) is 14.3 Å². The Labute approximate surface area is 123 Å². The quantitative estimate of drug-likeness (QED) is 0.682. The molecule has 0 heterocycles. The van der Waals surface area contributed by atoms with E-state index in [9.17, 15) is 9.59 Å². The van der Waals surface area contributed by atoms with E-state index < -0.39 is 5.97 Å². The largest absolute Gasteiger partial charge is 0.481 e. The second kappa shape index (κ2) is 12.9. The van der Waals surface area contributed by atoms with Gasteiger partial charge < -0.3 is 9.84 Å². The normalized spacial score (nSPS) is 11.8. The number of aliphatic carboxylic acids is 1. The van der Waals surface area contributed by atoms with Gasteiger partial charge in [0.2, 0.25) is 0 Å². The summed E-state index contributed by atoms with van der Waals surface area (Å²) in [6.45, 7) is 12.5. The van der Waals surface area contributed by atoms with Crippen LogP contribution in [-0.4, -0.2) is 23.7 Å². The van der Waals surface area contributed by atoms with Crippen LogP contribution >= 0.6 is 0 Å². The van der Waals surface area contributed by atoms with Crippen LogP contribution in [0.15, 0.2) is 0 Å². The summed E-state index contributed by atoms with van der Waals surface area (Å²) < 4.78 is 4.75. The molecule has 20 heavy (non-hydrogen) atoms. The molecule has 0 bridgehead atoms. The molecule has 0 rings (SSSR count). The first-order valence-corrected chi connectivity index (χ1v) is 7.62. The number of ether oxygens (including phenoxy) is 1. The molecule has 1 unspecified atom stereocenters. The zero-order chi connectivity index (χ0) is 16.1. The molecule has 1 atom stereocenters. The Bertz CT molecular complexity index is 257. The predicted molar refractivity (Wildman–Crippen MR) is 81.6 cm³/mol. The summed E-state index contributed by atoms with van der Waals surface area (Å²) in [4.78, 5) is 21.2. The molecule has 0 saturated carbocycles. The maximum atomic E-state index is 10.7. The number of carbonyl (C=O) groups excluding carboxylic acids is 1. The lowest BCUT2D eigenvalue weighted by Gasteiger charge is -2.11. The molecule has 0 aromatic rings. The highest BCUT2D eigenvalue weighted by molar-refractivity contribution is 5.69. The van der Waals surface area contributed by atoms with Crippen LogP contribution in [0.5, 0.6) is 0 Å². The molecule has 0 aromatic carbocycles. The zero-order valence-corrected chi connectivity index (χ0v) is 13.9. The van der Waals surface area contributed by atoms with Gasteiger partial charge in [-0.05, 0) is 38.0 Å². The third-order valence-corrected chi connectivity index (χ3v) is 2.83. The van der Waals surface area contributed by atoms with Crippen molar-refractivity contribution in [3.05, 3.63) is 0 Å². The smallest absolute Gasteiger partial charge is 0.306 e. The summed E-state index contributed by atoms with van der Waals surface area (Å²) in [5.74, 6) is 0.206. The van der Waals surface area contributed by atoms with Crippen LogP contribution in [0.3, 0.4) is 0 Å². The van der Waals surface area contributed by atoms with Gasteiger partial charge in [-0.2, -0.15) is 0 Å². The van der Waals surface area contributed by atoms with Gasteiger partial charge in [-0.1, -0.05) is 34.6 Å². The van der Waals surface area contributed by atoms with Crippen LogP contribution in [0.25, 0.3) is 0 Å². The van der Waals surface area contributed by atoms with Gasteiger partial charge >= 0.3 is 11.9 Å². The Morgan fingerprint density at radius 1 is 1.05 bits per heavy atom. The first-order chi connectivity index (χ1) is 9.24. The zero-order valence-electron chi connectivity index (χ0n) is 13.9. The van der Waals surface area contributed by atoms with E-state index in [1.54, 1.807) is 0 Å². The summed E-state index contributed by atoms with van der Waals surface area (Å²) in [6, 6.07) is 0. The molecule has 0 aromatic heterocycles. The van der Waals surface area contributed by atoms with Crippen molar-refractivity contribution in [2.75, 3.05) is 6.61 Å². The lowest BCUT2D eigenvalue weighted by Crippen LogP contribution is -2.14. The van der Waals surface area contributed by atoms with E-state index in [0.717, 1.165) is 19.3 Å². The third kappa shape index (κ3) is 15.0. The topological polar surface area (TPSA) is 63.6 Å². The molecular formula is C16H32O4. The van der Waals surface area contributed by atoms with Crippen molar-refractivity contribution >= 4 is 11.9 Å². The Morgan fingerprint density at radius 2 is 1.60 bits per heavy atom. The SMILES string of the molecule is CCC(CC(C)C)C(=O)O.CCOC(=O)CCC(C)C. The van der Waals surface area contributed by atoms with Crippen molar-refractivity contribution in [3.8, 4) is 0 Å². The third-order valence-electron chi connectivity index (χ3n) is 2.83. The average Bonchev–Trinajstić information content (AvgIpc) is 2.34. The van der Waals surface area contributed by atoms with Gasteiger partial charge in [0.15, 0.2) is 0 Å². The van der Waals surface area contributed by atoms with E-state index in [-0.39, 0.29) is 11.9 Å². The van der Waals surface area contributed by atoms with E-state index in [1.165, 1.54) is 0 Å². The summed E-state index contributed by atoms with van der Waals surface area (Å²) in [6.07, 6.45) is 3.03. The molecule has 120 valence electrons. The maximum absolute atomic E-state index is 10.7. The lowest BCUT2D eigenvalue weighted by atomic mass is 9.95. The highest BCUT2D eigenvalue weighted by Crippen LogP contribution is 2.14. The van der Waals surface area contributed by atoms with E-state index in [0.29, 0.717) is 24.9 Å². The first-order valence-electron chi connectivity index (χ1n) is 7.62. The number of rotatable bonds is 8. The van der Waals surface area contributed by atoms with Crippen molar-refractivity contribution in [2.45, 2.75) is 67.2 Å². The van der Waals surface area contributed by atoms with Crippen LogP contribution < -0.4 is 0 Å². The van der Waals surface area contributed by atoms with Crippen molar-refractivity contribution in [3.63, 3.8) is 0 Å². The molecular weight excluding hydrogens is 256 g/mol. The van der Waals surface area contributed by atoms with E-state index in [2.05, 4.69) is 13.8 Å². The van der Waals surface area contributed by atoms with Crippen LogP contribution in [0.2, 0.25) is 0 Å². The van der Waals surface area contributed by atoms with Crippen LogP contribution in [0.4, 0.5) is 0 Å². The monoisotopic (exact) mass is 288 g/mol. The summed E-state index contributed by atoms with van der Waals surface area (Å²) in [5.41, 5.74) is 0. The number of hydrogen-bond donors (Lipinski definition) is 1. The molecule has 0 saturated heterocycles. The van der Waals surface area contributed by atoms with Gasteiger partial charge in [0.1, 0.15) is 0 Å². The molecule has 4 nitrogen and oxygen atoms in total. The Morgan fingerprint density at radius 3 is 1.85 bits per heavy atom. The fourth-order valence-corrected chi connectivity index (χ4v) is 1.65. The van der Waals surface area contributed by atoms with Crippen molar-refractivity contribution in [2.24, 2.45) is 17.8 Å². The molecule has 0 aliphatic rings. The molecule has 1 N–H and O–H groups in total. The van der Waals surface area contributed by atoms with E-state index in [1.807, 2.05) is 27.7 Å². The first kappa shape index (κ1) is 21.2. The Kier molecular flexibility index (Phi) is 13.8. The van der Waals surface area contributed by atoms with Crippen LogP contribution in [0.1, 0.15) is 67.2 Å². The number of carboxylic acids is 1. The highest BCUT2D eigenvalue weighted by atomic mass is 16.5. The maximum Gasteiger partial charge on any atom is 0.306 e. The average molecular weight is 288 g/mol. The highest BCUT2D eigenvalue weighted by Gasteiger charge is 2.15. The van der Waals surface area contributed by atoms with Crippen molar-refractivity contribution in [1.29, 1.82) is 0 Å². The number of carboxylic acid groups (broad SMARTS) is 1. The van der Waals surface area contributed by atoms with Gasteiger partial charge in [-0.3, -0.25) is 9.59 Å². The molecule has 0 aliphatic heterocycles. The molecule has 0 amide bonds. The van der Waals surface area contributed by atoms with Gasteiger partial charge in [0.05, 0.1) is 12.5 Å². The van der Waals surface area contributed by atoms with E-state index >= 15 is 0 Å². The number of carbonyl (C=O) groups is 2. The summed E-state index contributed by atoms with van der Waals surface area (Å²) in [5, 5.41) is 8.62. The van der Waals surface area contributed by atoms with Gasteiger partial charge in [0.25, 0.3) is 0 Å². The number of esters is 1. The Hall–Kier alpha value is -1.06. The minimum Gasteiger partial charge on any atom is -0.481 e.